The average molecular weight is 448 g/mol. The lowest BCUT2D eigenvalue weighted by molar-refractivity contribution is -0.137. The van der Waals surface area contributed by atoms with Gasteiger partial charge in [0.1, 0.15) is 5.41 Å². The first kappa shape index (κ1) is 20.4. The molecule has 5 rings (SSSR count). The average Bonchev–Trinajstić information content (AvgIpc) is 2.99. The number of nitrogens with zero attached hydrogens (tertiary/aromatic N) is 3. The summed E-state index contributed by atoms with van der Waals surface area (Å²) in [4.78, 5) is 16.0. The molecule has 31 heavy (non-hydrogen) atoms. The molecular weight excluding hydrogens is 427 g/mol. The van der Waals surface area contributed by atoms with E-state index < -0.39 is 17.2 Å². The number of amides is 1. The Morgan fingerprint density at radius 2 is 1.87 bits per heavy atom. The quantitative estimate of drug-likeness (QED) is 0.563. The first-order chi connectivity index (χ1) is 14.7. The largest absolute Gasteiger partial charge is 0.416 e. The summed E-state index contributed by atoms with van der Waals surface area (Å²) in [5.74, 6) is -0.188. The molecule has 3 aliphatic heterocycles. The number of alkyl halides is 3. The second-order valence-electron chi connectivity index (χ2n) is 8.47. The van der Waals surface area contributed by atoms with Gasteiger partial charge in [0, 0.05) is 23.3 Å². The smallest absolute Gasteiger partial charge is 0.367 e. The number of benzene rings is 2. The van der Waals surface area contributed by atoms with Crippen molar-refractivity contribution in [1.29, 1.82) is 0 Å². The normalized spacial score (nSPS) is 25.5. The molecule has 0 bridgehead atoms. The van der Waals surface area contributed by atoms with Crippen molar-refractivity contribution in [2.75, 3.05) is 16.5 Å². The molecule has 0 radical (unpaired) electrons. The molecular formula is C23H21ClF3N3O. The zero-order chi connectivity index (χ0) is 22.0. The maximum Gasteiger partial charge on any atom is 0.416 e. The molecule has 3 heterocycles. The van der Waals surface area contributed by atoms with Gasteiger partial charge in [-0.3, -0.25) is 4.79 Å². The van der Waals surface area contributed by atoms with E-state index in [0.29, 0.717) is 28.5 Å². The maximum atomic E-state index is 13.9. The van der Waals surface area contributed by atoms with Crippen LogP contribution in [0.4, 0.5) is 24.5 Å². The molecule has 4 nitrogen and oxygen atoms in total. The van der Waals surface area contributed by atoms with E-state index >= 15 is 0 Å². The predicted molar refractivity (Wildman–Crippen MR) is 115 cm³/mol. The summed E-state index contributed by atoms with van der Waals surface area (Å²) in [6.07, 6.45) is -1.50. The monoisotopic (exact) mass is 447 g/mol. The van der Waals surface area contributed by atoms with E-state index in [2.05, 4.69) is 10.0 Å². The second kappa shape index (κ2) is 6.99. The van der Waals surface area contributed by atoms with Gasteiger partial charge >= 0.3 is 6.18 Å². The number of hydrazone groups is 1. The molecule has 2 aromatic carbocycles. The number of piperidine rings is 1. The number of hydrogen-bond acceptors (Lipinski definition) is 3. The van der Waals surface area contributed by atoms with E-state index in [-0.39, 0.29) is 18.4 Å². The van der Waals surface area contributed by atoms with Crippen molar-refractivity contribution < 1.29 is 18.0 Å². The van der Waals surface area contributed by atoms with Crippen molar-refractivity contribution in [3.63, 3.8) is 0 Å². The highest BCUT2D eigenvalue weighted by Crippen LogP contribution is 2.50. The summed E-state index contributed by atoms with van der Waals surface area (Å²) in [6.45, 7) is 2.53. The number of carbonyl (C=O) groups excluding carboxylic acids is 1. The highest BCUT2D eigenvalue weighted by molar-refractivity contribution is 6.30. The van der Waals surface area contributed by atoms with Crippen LogP contribution in [0.5, 0.6) is 0 Å². The van der Waals surface area contributed by atoms with Gasteiger partial charge in [0.25, 0.3) is 5.91 Å². The number of anilines is 2. The van der Waals surface area contributed by atoms with Gasteiger partial charge in [0.15, 0.2) is 0 Å². The van der Waals surface area contributed by atoms with Crippen molar-refractivity contribution in [2.24, 2.45) is 10.5 Å². The molecule has 0 aliphatic carbocycles. The lowest BCUT2D eigenvalue weighted by atomic mass is 9.65. The van der Waals surface area contributed by atoms with Crippen molar-refractivity contribution in [2.45, 2.75) is 44.8 Å². The minimum atomic E-state index is -4.43. The van der Waals surface area contributed by atoms with Crippen molar-refractivity contribution in [3.05, 3.63) is 58.6 Å². The Labute approximate surface area is 183 Å². The molecule has 162 valence electrons. The van der Waals surface area contributed by atoms with E-state index in [1.807, 2.05) is 6.92 Å². The molecule has 3 aliphatic rings. The third-order valence-corrected chi connectivity index (χ3v) is 7.05. The van der Waals surface area contributed by atoms with Crippen LogP contribution in [0.25, 0.3) is 0 Å². The van der Waals surface area contributed by atoms with Gasteiger partial charge in [0.05, 0.1) is 17.0 Å². The summed E-state index contributed by atoms with van der Waals surface area (Å²) in [7, 11) is 0. The second-order valence-corrected chi connectivity index (χ2v) is 8.91. The molecule has 1 spiro atoms. The van der Waals surface area contributed by atoms with E-state index in [4.69, 9.17) is 11.6 Å². The molecule has 2 aromatic rings. The van der Waals surface area contributed by atoms with E-state index in [1.165, 1.54) is 11.1 Å². The molecule has 8 heteroatoms. The molecule has 0 N–H and O–H groups in total. The van der Waals surface area contributed by atoms with Crippen LogP contribution in [-0.4, -0.2) is 24.2 Å². The molecule has 0 aromatic heterocycles. The molecule has 2 atom stereocenters. The van der Waals surface area contributed by atoms with E-state index in [0.717, 1.165) is 31.0 Å². The van der Waals surface area contributed by atoms with Crippen LogP contribution in [0, 0.1) is 5.41 Å². The maximum absolute atomic E-state index is 13.9. The van der Waals surface area contributed by atoms with Gasteiger partial charge in [-0.25, -0.2) is 0 Å². The minimum Gasteiger partial charge on any atom is -0.367 e. The van der Waals surface area contributed by atoms with Gasteiger partial charge in [-0.05, 0) is 80.6 Å². The van der Waals surface area contributed by atoms with E-state index in [1.54, 1.807) is 30.3 Å². The topological polar surface area (TPSA) is 35.9 Å². The Morgan fingerprint density at radius 3 is 2.58 bits per heavy atom. The number of hydrogen-bond donors (Lipinski definition) is 0. The zero-order valence-electron chi connectivity index (χ0n) is 16.9. The number of rotatable bonds is 1. The Morgan fingerprint density at radius 1 is 1.13 bits per heavy atom. The molecule has 0 saturated carbocycles. The third-order valence-electron chi connectivity index (χ3n) is 6.80. The van der Waals surface area contributed by atoms with Crippen LogP contribution in [0.15, 0.2) is 47.6 Å². The highest BCUT2D eigenvalue weighted by Gasteiger charge is 2.59. The van der Waals surface area contributed by atoms with Crippen LogP contribution >= 0.6 is 11.6 Å². The van der Waals surface area contributed by atoms with Crippen LogP contribution in [0.2, 0.25) is 5.02 Å². The van der Waals surface area contributed by atoms with Crippen molar-refractivity contribution >= 4 is 34.6 Å². The van der Waals surface area contributed by atoms with Crippen LogP contribution in [-0.2, 0) is 17.4 Å². The summed E-state index contributed by atoms with van der Waals surface area (Å²) in [5, 5.41) is 6.53. The van der Waals surface area contributed by atoms with Gasteiger partial charge in [0.2, 0.25) is 0 Å². The Kier molecular flexibility index (Phi) is 4.59. The standard InChI is InChI=1S/C23H21ClF3N3O/c1-14-22(21(31)30(28-14)18-8-6-17(24)7-9-18)13-15-12-16(23(25,26)27)5-10-19(15)29-11-3-2-4-20(22)29/h5-10,12,20H,2-4,11,13H2,1H3/t20-,22+/m0/s1. The number of fused-ring (bicyclic) bond motifs is 4. The fourth-order valence-electron chi connectivity index (χ4n) is 5.31. The van der Waals surface area contributed by atoms with Crippen molar-refractivity contribution in [1.82, 2.24) is 0 Å². The summed E-state index contributed by atoms with van der Waals surface area (Å²) < 4.78 is 40.2. The molecule has 1 amide bonds. The first-order valence-corrected chi connectivity index (χ1v) is 10.7. The van der Waals surface area contributed by atoms with Gasteiger partial charge in [-0.2, -0.15) is 23.3 Å². The lowest BCUT2D eigenvalue weighted by Crippen LogP contribution is -2.61. The SMILES string of the molecule is CC1=NN(c2ccc(Cl)cc2)C(=O)[C@]12Cc1cc(C(F)(F)F)ccc1N1CCCC[C@H]12. The molecule has 1 saturated heterocycles. The number of halogens is 4. The Bertz CT molecular complexity index is 1080. The molecule has 0 unspecified atom stereocenters. The van der Waals surface area contributed by atoms with Crippen molar-refractivity contribution in [3.8, 4) is 0 Å². The van der Waals surface area contributed by atoms with Crippen LogP contribution in [0.3, 0.4) is 0 Å². The first-order valence-electron chi connectivity index (χ1n) is 10.3. The van der Waals surface area contributed by atoms with Crippen LogP contribution < -0.4 is 9.91 Å². The van der Waals surface area contributed by atoms with Gasteiger partial charge in [-0.15, -0.1) is 0 Å². The minimum absolute atomic E-state index is 0.126. The van der Waals surface area contributed by atoms with Crippen LogP contribution in [0.1, 0.15) is 37.3 Å². The highest BCUT2D eigenvalue weighted by atomic mass is 35.5. The summed E-state index contributed by atoms with van der Waals surface area (Å²) >= 11 is 5.99. The zero-order valence-corrected chi connectivity index (χ0v) is 17.7. The Balaban J connectivity index is 1.62. The summed E-state index contributed by atoms with van der Waals surface area (Å²) in [6, 6.07) is 10.6. The third kappa shape index (κ3) is 3.04. The lowest BCUT2D eigenvalue weighted by Gasteiger charge is -2.51. The number of carbonyl (C=O) groups is 1. The van der Waals surface area contributed by atoms with Gasteiger partial charge < -0.3 is 4.90 Å². The fraction of sp³-hybridized carbons (Fsp3) is 0.391. The van der Waals surface area contributed by atoms with E-state index in [9.17, 15) is 18.0 Å². The predicted octanol–water partition coefficient (Wildman–Crippen LogP) is 5.68. The molecule has 1 fully saturated rings. The Hall–Kier alpha value is -2.54. The fourth-order valence-corrected chi connectivity index (χ4v) is 5.43. The summed E-state index contributed by atoms with van der Waals surface area (Å²) in [5.41, 5.74) is 0.932. The van der Waals surface area contributed by atoms with Gasteiger partial charge in [-0.1, -0.05) is 11.6 Å².